The van der Waals surface area contributed by atoms with E-state index in [0.717, 1.165) is 36.0 Å². The van der Waals surface area contributed by atoms with Crippen LogP contribution in [0.25, 0.3) is 0 Å². The largest absolute Gasteiger partial charge is 0.497 e. The second-order valence-corrected chi connectivity index (χ2v) is 5.84. The smallest absolute Gasteiger partial charge is 0.191 e. The molecule has 0 bridgehead atoms. The van der Waals surface area contributed by atoms with Crippen molar-refractivity contribution in [3.8, 4) is 11.5 Å². The number of ether oxygens (including phenoxy) is 3. The zero-order valence-corrected chi connectivity index (χ0v) is 18.8. The van der Waals surface area contributed by atoms with Crippen molar-refractivity contribution in [2.45, 2.75) is 13.0 Å². The SMILES string of the molecule is CN=C(NCCCOCc1ccc(OC)cc1)NCCOc1ccccc1.I. The van der Waals surface area contributed by atoms with Gasteiger partial charge in [-0.25, -0.2) is 0 Å². The maximum Gasteiger partial charge on any atom is 0.191 e. The molecule has 2 aromatic carbocycles. The van der Waals surface area contributed by atoms with Crippen LogP contribution in [0.4, 0.5) is 0 Å². The number of hydrogen-bond donors (Lipinski definition) is 2. The zero-order valence-electron chi connectivity index (χ0n) is 16.5. The number of para-hydroxylation sites is 1. The van der Waals surface area contributed by atoms with Gasteiger partial charge in [0.15, 0.2) is 5.96 Å². The Morgan fingerprint density at radius 2 is 1.61 bits per heavy atom. The molecule has 6 nitrogen and oxygen atoms in total. The first kappa shape index (κ1) is 24.0. The van der Waals surface area contributed by atoms with Crippen molar-refractivity contribution in [2.24, 2.45) is 4.99 Å². The van der Waals surface area contributed by atoms with Crippen LogP contribution in [0.3, 0.4) is 0 Å². The zero-order chi connectivity index (χ0) is 19.2. The minimum atomic E-state index is 0. The van der Waals surface area contributed by atoms with E-state index < -0.39 is 0 Å². The van der Waals surface area contributed by atoms with Crippen molar-refractivity contribution >= 4 is 29.9 Å². The van der Waals surface area contributed by atoms with Crippen molar-refractivity contribution in [3.63, 3.8) is 0 Å². The molecule has 2 N–H and O–H groups in total. The molecule has 0 aliphatic heterocycles. The molecule has 28 heavy (non-hydrogen) atoms. The topological polar surface area (TPSA) is 64.1 Å². The van der Waals surface area contributed by atoms with Crippen LogP contribution < -0.4 is 20.1 Å². The maximum atomic E-state index is 5.70. The number of guanidine groups is 1. The Labute approximate surface area is 184 Å². The van der Waals surface area contributed by atoms with Crippen molar-refractivity contribution < 1.29 is 14.2 Å². The third kappa shape index (κ3) is 9.80. The fourth-order valence-electron chi connectivity index (χ4n) is 2.37. The fourth-order valence-corrected chi connectivity index (χ4v) is 2.37. The summed E-state index contributed by atoms with van der Waals surface area (Å²) in [6.45, 7) is 3.35. The summed E-state index contributed by atoms with van der Waals surface area (Å²) in [7, 11) is 3.42. The van der Waals surface area contributed by atoms with Crippen LogP contribution in [-0.4, -0.2) is 46.4 Å². The lowest BCUT2D eigenvalue weighted by atomic mass is 10.2. The molecule has 154 valence electrons. The maximum absolute atomic E-state index is 5.70. The first-order chi connectivity index (χ1) is 13.3. The normalized spacial score (nSPS) is 10.7. The average molecular weight is 499 g/mol. The number of hydrogen-bond acceptors (Lipinski definition) is 4. The number of nitrogens with one attached hydrogen (secondary N) is 2. The molecule has 0 atom stereocenters. The second kappa shape index (κ2) is 15.0. The Kier molecular flexibility index (Phi) is 12.9. The molecule has 0 fully saturated rings. The fraction of sp³-hybridized carbons (Fsp3) is 0.381. The minimum Gasteiger partial charge on any atom is -0.497 e. The van der Waals surface area contributed by atoms with Crippen LogP contribution in [0, 0.1) is 0 Å². The van der Waals surface area contributed by atoms with Gasteiger partial charge < -0.3 is 24.8 Å². The van der Waals surface area contributed by atoms with Gasteiger partial charge in [0.05, 0.1) is 20.3 Å². The summed E-state index contributed by atoms with van der Waals surface area (Å²) in [5.74, 6) is 2.49. The van der Waals surface area contributed by atoms with Crippen LogP contribution in [0.1, 0.15) is 12.0 Å². The Hall–Kier alpha value is -2.00. The van der Waals surface area contributed by atoms with Crippen LogP contribution in [0.5, 0.6) is 11.5 Å². The van der Waals surface area contributed by atoms with Gasteiger partial charge in [0, 0.05) is 20.2 Å². The second-order valence-electron chi connectivity index (χ2n) is 5.84. The van der Waals surface area contributed by atoms with E-state index in [0.29, 0.717) is 26.4 Å². The molecule has 2 aromatic rings. The van der Waals surface area contributed by atoms with Crippen LogP contribution >= 0.6 is 24.0 Å². The molecule has 0 unspecified atom stereocenters. The molecule has 0 aliphatic carbocycles. The predicted octanol–water partition coefficient (Wildman–Crippen LogP) is 3.46. The first-order valence-electron chi connectivity index (χ1n) is 9.15. The van der Waals surface area contributed by atoms with E-state index in [1.165, 1.54) is 0 Å². The molecule has 0 heterocycles. The van der Waals surface area contributed by atoms with E-state index in [9.17, 15) is 0 Å². The van der Waals surface area contributed by atoms with Gasteiger partial charge in [-0.1, -0.05) is 30.3 Å². The average Bonchev–Trinajstić information content (AvgIpc) is 2.73. The Morgan fingerprint density at radius 3 is 2.29 bits per heavy atom. The highest BCUT2D eigenvalue weighted by molar-refractivity contribution is 14.0. The van der Waals surface area contributed by atoms with Crippen LogP contribution in [0.2, 0.25) is 0 Å². The molecule has 0 amide bonds. The van der Waals surface area contributed by atoms with E-state index >= 15 is 0 Å². The number of halogens is 1. The molecule has 0 saturated heterocycles. The van der Waals surface area contributed by atoms with Crippen molar-refractivity contribution in [2.75, 3.05) is 40.5 Å². The van der Waals surface area contributed by atoms with Gasteiger partial charge in [-0.05, 0) is 36.2 Å². The summed E-state index contributed by atoms with van der Waals surface area (Å²) < 4.78 is 16.5. The van der Waals surface area contributed by atoms with Gasteiger partial charge >= 0.3 is 0 Å². The Morgan fingerprint density at radius 1 is 0.893 bits per heavy atom. The summed E-state index contributed by atoms with van der Waals surface area (Å²) in [4.78, 5) is 4.20. The monoisotopic (exact) mass is 499 g/mol. The van der Waals surface area contributed by atoms with Gasteiger partial charge in [0.25, 0.3) is 0 Å². The van der Waals surface area contributed by atoms with Gasteiger partial charge in [-0.3, -0.25) is 4.99 Å². The van der Waals surface area contributed by atoms with Crippen LogP contribution in [0.15, 0.2) is 59.6 Å². The minimum absolute atomic E-state index is 0. The number of methoxy groups -OCH3 is 1. The quantitative estimate of drug-likeness (QED) is 0.215. The third-order valence-electron chi connectivity index (χ3n) is 3.82. The van der Waals surface area contributed by atoms with E-state index in [2.05, 4.69) is 15.6 Å². The first-order valence-corrected chi connectivity index (χ1v) is 9.15. The van der Waals surface area contributed by atoms with Crippen molar-refractivity contribution in [1.82, 2.24) is 10.6 Å². The number of nitrogens with zero attached hydrogens (tertiary/aromatic N) is 1. The molecule has 0 spiro atoms. The lowest BCUT2D eigenvalue weighted by Gasteiger charge is -2.12. The molecule has 0 aromatic heterocycles. The third-order valence-corrected chi connectivity index (χ3v) is 3.82. The molecule has 7 heteroatoms. The molecule has 0 saturated carbocycles. The molecule has 2 rings (SSSR count). The standard InChI is InChI=1S/C21H29N3O3.HI/c1-22-21(24-14-16-27-20-7-4-3-5-8-20)23-13-6-15-26-17-18-9-11-19(25-2)12-10-18;/h3-5,7-12H,6,13-17H2,1-2H3,(H2,22,23,24);1H. The summed E-state index contributed by atoms with van der Waals surface area (Å²) in [5, 5.41) is 6.50. The van der Waals surface area contributed by atoms with Gasteiger partial charge in [-0.15, -0.1) is 24.0 Å². The summed E-state index contributed by atoms with van der Waals surface area (Å²) in [6.07, 6.45) is 0.900. The lowest BCUT2D eigenvalue weighted by Crippen LogP contribution is -2.39. The Balaban J connectivity index is 0.00000392. The number of benzene rings is 2. The van der Waals surface area contributed by atoms with Crippen molar-refractivity contribution in [3.05, 3.63) is 60.2 Å². The van der Waals surface area contributed by atoms with Gasteiger partial charge in [0.1, 0.15) is 18.1 Å². The molecular formula is C21H30IN3O3. The van der Waals surface area contributed by atoms with Crippen LogP contribution in [-0.2, 0) is 11.3 Å². The summed E-state index contributed by atoms with van der Waals surface area (Å²) in [6, 6.07) is 17.7. The van der Waals surface area contributed by atoms with Crippen molar-refractivity contribution in [1.29, 1.82) is 0 Å². The lowest BCUT2D eigenvalue weighted by molar-refractivity contribution is 0.119. The highest BCUT2D eigenvalue weighted by atomic mass is 127. The van der Waals surface area contributed by atoms with E-state index in [1.807, 2.05) is 54.6 Å². The predicted molar refractivity (Wildman–Crippen MR) is 124 cm³/mol. The number of aliphatic imine (C=N–C) groups is 1. The summed E-state index contributed by atoms with van der Waals surface area (Å²) >= 11 is 0. The van der Waals surface area contributed by atoms with E-state index in [-0.39, 0.29) is 24.0 Å². The van der Waals surface area contributed by atoms with E-state index in [1.54, 1.807) is 14.2 Å². The van der Waals surface area contributed by atoms with Gasteiger partial charge in [-0.2, -0.15) is 0 Å². The molecule has 0 radical (unpaired) electrons. The Bertz CT molecular complexity index is 666. The molecule has 0 aliphatic rings. The highest BCUT2D eigenvalue weighted by Crippen LogP contribution is 2.11. The summed E-state index contributed by atoms with van der Waals surface area (Å²) in [5.41, 5.74) is 1.14. The van der Waals surface area contributed by atoms with Gasteiger partial charge in [0.2, 0.25) is 0 Å². The number of rotatable bonds is 11. The van der Waals surface area contributed by atoms with E-state index in [4.69, 9.17) is 14.2 Å². The molecular weight excluding hydrogens is 469 g/mol. The highest BCUT2D eigenvalue weighted by Gasteiger charge is 1.98.